The number of aliphatic hydroxyl groups is 8. The number of nitrogens with zero attached hydrogens (tertiary/aromatic N) is 1. The summed E-state index contributed by atoms with van der Waals surface area (Å²) in [7, 11) is 4.98. The fourth-order valence-electron chi connectivity index (χ4n) is 15.8. The lowest BCUT2D eigenvalue weighted by atomic mass is 9.89. The molecule has 126 heavy (non-hydrogen) atoms. The van der Waals surface area contributed by atoms with Gasteiger partial charge in [0.1, 0.15) is 137 Å². The molecule has 21 N–H and O–H groups in total. The molecule has 8 aliphatic rings. The molecule has 7 aromatic carbocycles. The summed E-state index contributed by atoms with van der Waals surface area (Å²) < 4.78 is 44.9. The van der Waals surface area contributed by atoms with Crippen molar-refractivity contribution in [1.29, 1.82) is 0 Å². The second kappa shape index (κ2) is 40.5. The van der Waals surface area contributed by atoms with Crippen LogP contribution < -0.4 is 71.5 Å². The summed E-state index contributed by atoms with van der Waals surface area (Å²) >= 11 is 14.3. The van der Waals surface area contributed by atoms with Crippen LogP contribution in [-0.2, 0) is 54.3 Å². The molecule has 2 saturated heterocycles. The highest BCUT2D eigenvalue weighted by molar-refractivity contribution is 6.33. The number of aromatic hydroxyl groups is 4. The van der Waals surface area contributed by atoms with Gasteiger partial charge in [-0.3, -0.25) is 38.4 Å². The van der Waals surface area contributed by atoms with E-state index >= 15 is 28.8 Å². The number of hydrogen-bond donors (Lipinski definition) is 21. The molecule has 7 aromatic rings. The zero-order chi connectivity index (χ0) is 90.2. The number of hydrogen-bond acceptors (Lipinski definition) is 29. The maximum atomic E-state index is 16.8. The van der Waals surface area contributed by atoms with Crippen molar-refractivity contribution in [1.82, 2.24) is 52.8 Å². The second-order valence-electron chi connectivity index (χ2n) is 31.8. The van der Waals surface area contributed by atoms with Crippen molar-refractivity contribution >= 4 is 70.5 Å². The zero-order valence-electron chi connectivity index (χ0n) is 68.7. The first-order valence-corrected chi connectivity index (χ1v) is 41.9. The molecule has 8 aliphatic heterocycles. The first-order valence-electron chi connectivity index (χ1n) is 41.1. The van der Waals surface area contributed by atoms with Gasteiger partial charge in [-0.2, -0.15) is 0 Å². The molecule has 39 heteroatoms. The van der Waals surface area contributed by atoms with Crippen molar-refractivity contribution in [3.05, 3.63) is 164 Å². The lowest BCUT2D eigenvalue weighted by Gasteiger charge is -2.42. The van der Waals surface area contributed by atoms with Crippen molar-refractivity contribution in [2.24, 2.45) is 0 Å². The highest BCUT2D eigenvalue weighted by Crippen LogP contribution is 2.50. The van der Waals surface area contributed by atoms with Crippen LogP contribution >= 0.6 is 23.2 Å². The number of carbonyl (C=O) groups is 8. The topological polar surface area (TPSA) is 555 Å². The van der Waals surface area contributed by atoms with Crippen molar-refractivity contribution in [3.8, 4) is 80.1 Å². The molecule has 0 aromatic heterocycles. The first kappa shape index (κ1) is 92.3. The fourth-order valence-corrected chi connectivity index (χ4v) is 16.2. The number of fused-ring (bicyclic) bond motifs is 14. The average molecular weight is 1790 g/mol. The van der Waals surface area contributed by atoms with Crippen LogP contribution in [0.1, 0.15) is 146 Å². The van der Waals surface area contributed by atoms with Crippen molar-refractivity contribution in [3.63, 3.8) is 0 Å². The Kier molecular flexibility index (Phi) is 29.7. The molecule has 674 valence electrons. The minimum atomic E-state index is -2.40. The third kappa shape index (κ3) is 20.6. The summed E-state index contributed by atoms with van der Waals surface area (Å²) in [6, 6.07) is 6.60. The van der Waals surface area contributed by atoms with Crippen LogP contribution in [0.5, 0.6) is 69.0 Å². The largest absolute Gasteiger partial charge is 0.508 e. The number of carbonyl (C=O) groups excluding carboxylic acids is 8. The monoisotopic (exact) mass is 1790 g/mol. The number of phenols is 4. The van der Waals surface area contributed by atoms with Crippen LogP contribution in [0.4, 0.5) is 0 Å². The SMILES string of the molecule is CCCCCCCCCCC(=O)N[C@H]1[C@H](Oc2c3cc4cc2Oc2ccc(cc2Cl)[C@@H](O)[C@@H]2NC(=O)[C@H](NC(=O)[C@@H]4NC(=O)[C@H]4NC(=O)[C@@H](Cc5ccc(cc5)O3)NC(=O)[C@@H](NC)c3ccc(O)c(c3)Oc3cc(O)c(Cl)c4c3)c3ccc(O)c(c3)-c3c(O[C@H]4O[C@H](CO)[C@@H](O)[C@H](O)[C@@H]4O)cc(O)cc3[C@@H](C(=O)NCCCN(C)C)NC2=O)O[C@H](CO)[C@@H](O)[C@@H]1O. The molecule has 0 spiro atoms. The average Bonchev–Trinajstić information content (AvgIpc) is 0.753. The number of likely N-dealkylation sites (N-methyl/N-ethyl adjacent to an activating group) is 1. The number of halogens is 2. The Morgan fingerprint density at radius 3 is 1.84 bits per heavy atom. The van der Waals surface area contributed by atoms with E-state index in [0.29, 0.717) is 31.4 Å². The molecule has 0 unspecified atom stereocenters. The van der Waals surface area contributed by atoms with Gasteiger partial charge in [0.25, 0.3) is 0 Å². The molecule has 8 heterocycles. The van der Waals surface area contributed by atoms with Crippen LogP contribution in [0.15, 0.2) is 115 Å². The van der Waals surface area contributed by atoms with Gasteiger partial charge in [-0.1, -0.05) is 105 Å². The maximum Gasteiger partial charge on any atom is 0.248 e. The van der Waals surface area contributed by atoms with Crippen LogP contribution in [0.2, 0.25) is 10.0 Å². The highest BCUT2D eigenvalue weighted by Gasteiger charge is 2.50. The molecule has 17 bridgehead atoms. The van der Waals surface area contributed by atoms with Gasteiger partial charge in [0, 0.05) is 48.2 Å². The molecule has 0 radical (unpaired) electrons. The summed E-state index contributed by atoms with van der Waals surface area (Å²) in [5, 5.41) is 162. The van der Waals surface area contributed by atoms with Gasteiger partial charge in [0.2, 0.25) is 65.6 Å². The van der Waals surface area contributed by atoms with Gasteiger partial charge < -0.3 is 147 Å². The number of phenolic OH excluding ortho intramolecular Hbond substituents is 4. The third-order valence-electron chi connectivity index (χ3n) is 22.6. The minimum Gasteiger partial charge on any atom is -0.508 e. The van der Waals surface area contributed by atoms with E-state index in [1.807, 2.05) is 4.90 Å². The van der Waals surface area contributed by atoms with E-state index in [4.69, 9.17) is 56.4 Å². The van der Waals surface area contributed by atoms with Crippen LogP contribution in [0.3, 0.4) is 0 Å². The van der Waals surface area contributed by atoms with E-state index in [1.165, 1.54) is 61.6 Å². The Balaban J connectivity index is 1.04. The smallest absolute Gasteiger partial charge is 0.248 e. The molecule has 0 aliphatic carbocycles. The van der Waals surface area contributed by atoms with E-state index in [2.05, 4.69) is 54.8 Å². The van der Waals surface area contributed by atoms with Gasteiger partial charge in [-0.25, -0.2) is 0 Å². The van der Waals surface area contributed by atoms with Gasteiger partial charge in [0.15, 0.2) is 23.0 Å². The van der Waals surface area contributed by atoms with E-state index in [9.17, 15) is 70.9 Å². The number of aliphatic hydroxyl groups excluding tert-OH is 8. The Bertz CT molecular complexity index is 5210. The summed E-state index contributed by atoms with van der Waals surface area (Å²) in [4.78, 5) is 127. The van der Waals surface area contributed by atoms with Crippen molar-refractivity contribution in [2.75, 3.05) is 47.4 Å². The third-order valence-corrected chi connectivity index (χ3v) is 23.3. The summed E-state index contributed by atoms with van der Waals surface area (Å²) in [5.74, 6) is -15.4. The van der Waals surface area contributed by atoms with Crippen LogP contribution in [0.25, 0.3) is 11.1 Å². The second-order valence-corrected chi connectivity index (χ2v) is 32.6. The lowest BCUT2D eigenvalue weighted by Crippen LogP contribution is -2.65. The lowest BCUT2D eigenvalue weighted by molar-refractivity contribution is -0.277. The van der Waals surface area contributed by atoms with Crippen LogP contribution in [-0.4, -0.2) is 234 Å². The molecular formula is C87H100Cl2N10O27. The molecule has 37 nitrogen and oxygen atoms in total. The number of benzene rings is 7. The molecule has 2 fully saturated rings. The fraction of sp³-hybridized carbons (Fsp3) is 0.425. The van der Waals surface area contributed by atoms with Crippen molar-refractivity contribution < 1.29 is 133 Å². The standard InChI is InChI=1S/C87H100Cl2N10O27/c1-5-6-7-8-9-10-11-12-14-62(106)93-71-75(110)73(108)60(37-100)124-86(71)126-78-58-31-43-32-59(78)122-55-24-19-42(29-50(55)88)72(107)70-85(119)97-68(80(114)91-25-13-26-99(3)4)48-33-44(102)34-57(123-87-77(112)76(111)74(109)61(38-101)125-87)63(48)47-28-40(17-22-52(47)103)66(82(116)98-70)94-83(117)67(43)95-84(118)69-49-35-46(36-54(105)64(49)89)121-56-30-41(18-23-53(56)104)65(90-2)81(115)92-51(79(113)96-69)27-39-15-20-45(120-58)21-16-39/h15-24,28-36,51,60-61,65-77,86-87,90,100-105,107-112H,5-14,25-27,37-38H2,1-4H3,(H,91,114)(H,92,115)(H,93,106)(H,94,117)(H,95,118)(H,96,113)(H,97,119)(H,98,116)/t51-,60-,61-,65+,66-,67-,68+,69+,70+,71-,72-,73-,74-,75-,76+,77+,86+,87+/m1/s1. The summed E-state index contributed by atoms with van der Waals surface area (Å²) in [6.45, 7) is 0.540. The number of rotatable bonds is 22. The predicted molar refractivity (Wildman–Crippen MR) is 447 cm³/mol. The normalized spacial score (nSPS) is 26.1. The van der Waals surface area contributed by atoms with E-state index in [-0.39, 0.29) is 59.1 Å². The summed E-state index contributed by atoms with van der Waals surface area (Å²) in [5.41, 5.74) is -2.44. The Hall–Kier alpha value is -11.4. The number of unbranched alkanes of at least 4 members (excludes halogenated alkanes) is 7. The molecule has 0 saturated carbocycles. The molecule has 8 amide bonds. The first-order chi connectivity index (χ1) is 60.3. The van der Waals surface area contributed by atoms with Crippen LogP contribution in [0, 0.1) is 0 Å². The number of nitrogens with one attached hydrogen (secondary N) is 9. The maximum absolute atomic E-state index is 16.8. The van der Waals surface area contributed by atoms with E-state index in [1.54, 1.807) is 14.1 Å². The van der Waals surface area contributed by atoms with Gasteiger partial charge in [-0.05, 0) is 147 Å². The minimum absolute atomic E-state index is 0.0730. The molecule has 18 atom stereocenters. The van der Waals surface area contributed by atoms with Gasteiger partial charge in [0.05, 0.1) is 23.3 Å². The van der Waals surface area contributed by atoms with Gasteiger partial charge >= 0.3 is 0 Å². The van der Waals surface area contributed by atoms with Crippen molar-refractivity contribution in [2.45, 2.75) is 187 Å². The van der Waals surface area contributed by atoms with E-state index < -0.39 is 254 Å². The van der Waals surface area contributed by atoms with E-state index in [0.717, 1.165) is 99.2 Å². The number of ether oxygens (including phenoxy) is 7. The predicted octanol–water partition coefficient (Wildman–Crippen LogP) is 3.83. The molecule has 15 rings (SSSR count). The Labute approximate surface area is 731 Å². The Morgan fingerprint density at radius 2 is 1.15 bits per heavy atom. The number of amides is 8. The molecular weight excluding hydrogens is 1690 g/mol. The van der Waals surface area contributed by atoms with Gasteiger partial charge in [-0.15, -0.1) is 0 Å². The highest BCUT2D eigenvalue weighted by atomic mass is 35.5. The summed E-state index contributed by atoms with van der Waals surface area (Å²) in [6.07, 6.45) is -12.7. The zero-order valence-corrected chi connectivity index (χ0v) is 70.2. The Morgan fingerprint density at radius 1 is 0.532 bits per heavy atom. The quantitative estimate of drug-likeness (QED) is 0.0429.